The largest absolute Gasteiger partial charge is 0.376 e. The zero-order valence-electron chi connectivity index (χ0n) is 27.7. The lowest BCUT2D eigenvalue weighted by molar-refractivity contribution is -0.133. The van der Waals surface area contributed by atoms with Gasteiger partial charge in [0.1, 0.15) is 12.0 Å². The smallest absolute Gasteiger partial charge is 0.146 e. The lowest BCUT2D eigenvalue weighted by Gasteiger charge is -2.62. The number of H-pyrrole nitrogens is 1. The molecule has 0 aliphatic heterocycles. The van der Waals surface area contributed by atoms with Crippen LogP contribution < -0.4 is 4.90 Å². The van der Waals surface area contributed by atoms with E-state index < -0.39 is 6.23 Å². The Morgan fingerprint density at radius 2 is 1.71 bits per heavy atom. The predicted molar refractivity (Wildman–Crippen MR) is 172 cm³/mol. The first kappa shape index (κ1) is 31.4. The fourth-order valence-electron chi connectivity index (χ4n) is 11.4. The Morgan fingerprint density at radius 3 is 2.39 bits per heavy atom. The molecule has 4 saturated carbocycles. The normalized spacial score (nSPS) is 38.4. The zero-order chi connectivity index (χ0) is 29.4. The molecule has 4 fully saturated rings. The van der Waals surface area contributed by atoms with Crippen LogP contribution in [0, 0.1) is 52.3 Å². The molecule has 4 aliphatic rings. The molecule has 5 nitrogen and oxygen atoms in total. The van der Waals surface area contributed by atoms with E-state index in [9.17, 15) is 5.11 Å². The van der Waals surface area contributed by atoms with Crippen molar-refractivity contribution in [2.45, 2.75) is 138 Å². The minimum atomic E-state index is -0.448. The molecule has 0 aromatic carbocycles. The average Bonchev–Trinajstić information content (AvgIpc) is 3.60. The van der Waals surface area contributed by atoms with E-state index in [1.54, 1.807) is 6.33 Å². The van der Waals surface area contributed by atoms with Gasteiger partial charge in [-0.2, -0.15) is 0 Å². The number of aliphatic hydroxyl groups is 1. The number of aromatic nitrogens is 2. The highest BCUT2D eigenvalue weighted by molar-refractivity contribution is 5.35. The van der Waals surface area contributed by atoms with Crippen LogP contribution in [0.3, 0.4) is 0 Å². The molecule has 1 aromatic rings. The van der Waals surface area contributed by atoms with Gasteiger partial charge in [0.05, 0.1) is 12.9 Å². The van der Waals surface area contributed by atoms with E-state index in [-0.39, 0.29) is 0 Å². The number of imidazole rings is 1. The third-order valence-corrected chi connectivity index (χ3v) is 13.6. The second kappa shape index (κ2) is 12.9. The van der Waals surface area contributed by atoms with Gasteiger partial charge >= 0.3 is 0 Å². The molecule has 4 aliphatic carbocycles. The van der Waals surface area contributed by atoms with Crippen molar-refractivity contribution in [3.8, 4) is 0 Å². The molecule has 2 N–H and O–H groups in total. The predicted octanol–water partition coefficient (Wildman–Crippen LogP) is 8.37. The molecular weight excluding hydrogens is 504 g/mol. The van der Waals surface area contributed by atoms with Gasteiger partial charge in [0.15, 0.2) is 0 Å². The average molecular weight is 569 g/mol. The zero-order valence-corrected chi connectivity index (χ0v) is 27.7. The monoisotopic (exact) mass is 569 g/mol. The van der Waals surface area contributed by atoms with E-state index in [4.69, 9.17) is 0 Å². The molecule has 0 saturated heterocycles. The summed E-state index contributed by atoms with van der Waals surface area (Å²) < 4.78 is 0. The van der Waals surface area contributed by atoms with E-state index >= 15 is 0 Å². The maximum atomic E-state index is 11.4. The molecule has 10 atom stereocenters. The number of anilines is 1. The van der Waals surface area contributed by atoms with Crippen LogP contribution in [-0.2, 0) is 0 Å². The molecule has 0 spiro atoms. The maximum Gasteiger partial charge on any atom is 0.146 e. The number of nitrogens with zero attached hydrogens (tertiary/aromatic N) is 3. The number of hydrogen-bond acceptors (Lipinski definition) is 4. The van der Waals surface area contributed by atoms with Gasteiger partial charge < -0.3 is 15.0 Å². The molecule has 5 rings (SSSR count). The van der Waals surface area contributed by atoms with Gasteiger partial charge in [0.2, 0.25) is 0 Å². The van der Waals surface area contributed by atoms with Gasteiger partial charge in [0.25, 0.3) is 0 Å². The molecule has 0 amide bonds. The van der Waals surface area contributed by atoms with Crippen LogP contribution in [0.25, 0.3) is 0 Å². The summed E-state index contributed by atoms with van der Waals surface area (Å²) in [7, 11) is 0. The summed E-state index contributed by atoms with van der Waals surface area (Å²) in [6, 6.07) is 0.499. The van der Waals surface area contributed by atoms with E-state index in [0.29, 0.717) is 23.4 Å². The molecule has 0 radical (unpaired) electrons. The number of aliphatic hydroxyl groups excluding tert-OH is 1. The Labute approximate surface area is 252 Å². The Bertz CT molecular complexity index is 949. The number of fused-ring (bicyclic) bond motifs is 5. The maximum absolute atomic E-state index is 11.4. The van der Waals surface area contributed by atoms with Crippen LogP contribution in [0.2, 0.25) is 0 Å². The van der Waals surface area contributed by atoms with Crippen LogP contribution in [-0.4, -0.2) is 51.9 Å². The van der Waals surface area contributed by atoms with Crippen molar-refractivity contribution >= 4 is 5.82 Å². The fraction of sp³-hybridized carbons (Fsp3) is 0.917. The summed E-state index contributed by atoms with van der Waals surface area (Å²) >= 11 is 0. The van der Waals surface area contributed by atoms with Gasteiger partial charge in [0, 0.05) is 18.8 Å². The second-order valence-corrected chi connectivity index (χ2v) is 15.9. The van der Waals surface area contributed by atoms with Crippen molar-refractivity contribution in [3.05, 3.63) is 12.5 Å². The summed E-state index contributed by atoms with van der Waals surface area (Å²) in [6.07, 6.45) is 20.2. The van der Waals surface area contributed by atoms with Crippen LogP contribution in [0.4, 0.5) is 5.82 Å². The minimum absolute atomic E-state index is 0.448. The molecule has 41 heavy (non-hydrogen) atoms. The van der Waals surface area contributed by atoms with Gasteiger partial charge in [-0.3, -0.25) is 4.90 Å². The van der Waals surface area contributed by atoms with Crippen molar-refractivity contribution < 1.29 is 5.11 Å². The Morgan fingerprint density at radius 1 is 0.951 bits per heavy atom. The van der Waals surface area contributed by atoms with Crippen LogP contribution in [0.15, 0.2) is 12.5 Å². The molecule has 2 unspecified atom stereocenters. The van der Waals surface area contributed by atoms with E-state index in [1.165, 1.54) is 77.0 Å². The summed E-state index contributed by atoms with van der Waals surface area (Å²) in [4.78, 5) is 12.1. The number of nitrogens with one attached hydrogen (secondary N) is 1. The number of likely N-dealkylation sites (N-methyl/N-ethyl adjacent to an activating group) is 2. The summed E-state index contributed by atoms with van der Waals surface area (Å²) in [5, 5.41) is 11.4. The number of aromatic amines is 1. The highest BCUT2D eigenvalue weighted by atomic mass is 16.3. The Hall–Kier alpha value is -1.07. The number of rotatable bonds is 12. The first-order chi connectivity index (χ1) is 19.6. The second-order valence-electron chi connectivity index (χ2n) is 15.9. The molecule has 1 aromatic heterocycles. The summed E-state index contributed by atoms with van der Waals surface area (Å²) in [5.74, 6) is 7.28. The third kappa shape index (κ3) is 6.02. The molecular formula is C36H64N4O. The third-order valence-electron chi connectivity index (χ3n) is 13.6. The van der Waals surface area contributed by atoms with Gasteiger partial charge in [-0.15, -0.1) is 0 Å². The van der Waals surface area contributed by atoms with Gasteiger partial charge in [-0.1, -0.05) is 60.8 Å². The quantitative estimate of drug-likeness (QED) is 0.249. The SMILES string of the molecule is CCN(CC(O)N(CC)[C@H]1CC[C@@]2(C)C(CC[C@H]3[C@@H]4CC[C@H]([C@H](C)CCCC(C)C)[C@@]4(C)CC[C@@H]32)C1)c1c[nH]cn1. The first-order valence-electron chi connectivity index (χ1n) is 17.8. The van der Waals surface area contributed by atoms with E-state index in [1.807, 2.05) is 6.20 Å². The lowest BCUT2D eigenvalue weighted by Crippen LogP contribution is -2.57. The molecule has 0 bridgehead atoms. The van der Waals surface area contributed by atoms with Crippen LogP contribution in [0.1, 0.15) is 126 Å². The lowest BCUT2D eigenvalue weighted by atomic mass is 9.44. The fourth-order valence-corrected chi connectivity index (χ4v) is 11.4. The molecule has 5 heteroatoms. The minimum Gasteiger partial charge on any atom is -0.376 e. The van der Waals surface area contributed by atoms with Gasteiger partial charge in [-0.05, 0) is 124 Å². The Kier molecular flexibility index (Phi) is 9.85. The van der Waals surface area contributed by atoms with Crippen molar-refractivity contribution in [1.82, 2.24) is 14.9 Å². The van der Waals surface area contributed by atoms with Crippen LogP contribution >= 0.6 is 0 Å². The highest BCUT2D eigenvalue weighted by Gasteiger charge is 2.60. The van der Waals surface area contributed by atoms with Crippen molar-refractivity contribution in [2.75, 3.05) is 24.5 Å². The summed E-state index contributed by atoms with van der Waals surface area (Å²) in [6.45, 7) is 19.6. The Balaban J connectivity index is 1.22. The topological polar surface area (TPSA) is 55.4 Å². The van der Waals surface area contributed by atoms with Crippen molar-refractivity contribution in [2.24, 2.45) is 52.3 Å². The summed E-state index contributed by atoms with van der Waals surface area (Å²) in [5.41, 5.74) is 1.08. The number of hydrogen-bond donors (Lipinski definition) is 2. The van der Waals surface area contributed by atoms with E-state index in [0.717, 1.165) is 60.3 Å². The van der Waals surface area contributed by atoms with Crippen molar-refractivity contribution in [3.63, 3.8) is 0 Å². The van der Waals surface area contributed by atoms with Crippen LogP contribution in [0.5, 0.6) is 0 Å². The van der Waals surface area contributed by atoms with E-state index in [2.05, 4.69) is 68.2 Å². The van der Waals surface area contributed by atoms with Gasteiger partial charge in [-0.25, -0.2) is 4.98 Å². The standard InChI is InChI=1S/C36H64N4O/c1-8-39(33-22-37-24-38-33)23-34(41)40(9-2)28-17-19-35(6)27(21-28)13-14-29-31-16-15-30(26(5)12-10-11-25(3)4)36(31,7)20-18-32(29)35/h22,24-32,34,41H,8-21,23H2,1-7H3,(H,37,38)/t26-,27?,28+,29+,30-,31+,32+,34?,35+,36-/m1/s1. The molecule has 234 valence electrons. The molecule has 1 heterocycles. The first-order valence-corrected chi connectivity index (χ1v) is 17.8. The van der Waals surface area contributed by atoms with Crippen molar-refractivity contribution in [1.29, 1.82) is 0 Å². The highest BCUT2D eigenvalue weighted by Crippen LogP contribution is 2.68.